The van der Waals surface area contributed by atoms with Crippen LogP contribution >= 0.6 is 0 Å². The van der Waals surface area contributed by atoms with E-state index in [1.807, 2.05) is 31.1 Å². The zero-order valence-electron chi connectivity index (χ0n) is 27.4. The van der Waals surface area contributed by atoms with Crippen molar-refractivity contribution in [3.05, 3.63) is 88.9 Å². The van der Waals surface area contributed by atoms with Gasteiger partial charge in [0, 0.05) is 70.8 Å². The average molecular weight is 677 g/mol. The number of ether oxygens (including phenoxy) is 1. The highest BCUT2D eigenvalue weighted by atomic mass is 19.4. The number of halogens is 4. The smallest absolute Gasteiger partial charge is 0.418 e. The van der Waals surface area contributed by atoms with Gasteiger partial charge < -0.3 is 19.5 Å². The van der Waals surface area contributed by atoms with Crippen LogP contribution in [0.5, 0.6) is 11.5 Å². The summed E-state index contributed by atoms with van der Waals surface area (Å²) in [6.07, 6.45) is 1.20. The number of hydrogen-bond donors (Lipinski definition) is 1. The highest BCUT2D eigenvalue weighted by Gasteiger charge is 2.36. The number of hydrogen-bond acceptors (Lipinski definition) is 7. The van der Waals surface area contributed by atoms with Gasteiger partial charge in [0.2, 0.25) is 5.91 Å². The SMILES string of the molecule is C[C@H]1CN(C(=O)Cc2cnc(CN3CCN(C)CC3)c(C(F)(F)F)c2)Cc2cc(Oc3c(F)cnc4[nH]c(-c5cnn(C)c5)cc34)ccc21. The van der Waals surface area contributed by atoms with E-state index in [4.69, 9.17) is 4.74 Å². The number of aromatic amines is 1. The second-order valence-electron chi connectivity index (χ2n) is 13.0. The fraction of sp³-hybridized carbons (Fsp3) is 0.371. The Balaban J connectivity index is 1.08. The number of carbonyl (C=O) groups excluding carboxylic acids is 1. The van der Waals surface area contributed by atoms with E-state index in [1.54, 1.807) is 41.0 Å². The fourth-order valence-electron chi connectivity index (χ4n) is 6.63. The highest BCUT2D eigenvalue weighted by molar-refractivity contribution is 5.88. The van der Waals surface area contributed by atoms with Crippen LogP contribution in [0.2, 0.25) is 0 Å². The molecule has 0 unspecified atom stereocenters. The second-order valence-corrected chi connectivity index (χ2v) is 13.0. The first-order valence-electron chi connectivity index (χ1n) is 16.1. The van der Waals surface area contributed by atoms with Crippen LogP contribution in [0.4, 0.5) is 17.6 Å². The number of amides is 1. The predicted molar refractivity (Wildman–Crippen MR) is 174 cm³/mol. The Labute approximate surface area is 280 Å². The summed E-state index contributed by atoms with van der Waals surface area (Å²) in [4.78, 5) is 30.8. The van der Waals surface area contributed by atoms with E-state index < -0.39 is 17.6 Å². The quantitative estimate of drug-likeness (QED) is 0.220. The summed E-state index contributed by atoms with van der Waals surface area (Å²) in [7, 11) is 3.79. The van der Waals surface area contributed by atoms with Crippen molar-refractivity contribution in [2.45, 2.75) is 38.5 Å². The number of aromatic nitrogens is 5. The van der Waals surface area contributed by atoms with Crippen LogP contribution in [-0.4, -0.2) is 85.1 Å². The Kier molecular flexibility index (Phi) is 8.61. The number of piperazine rings is 1. The Bertz CT molecular complexity index is 2010. The van der Waals surface area contributed by atoms with Crippen molar-refractivity contribution in [1.82, 2.24) is 39.4 Å². The third-order valence-electron chi connectivity index (χ3n) is 9.31. The number of alkyl halides is 3. The summed E-state index contributed by atoms with van der Waals surface area (Å²) in [6.45, 7) is 5.63. The van der Waals surface area contributed by atoms with E-state index in [9.17, 15) is 18.0 Å². The molecule has 7 rings (SSSR count). The van der Waals surface area contributed by atoms with Gasteiger partial charge in [0.25, 0.3) is 0 Å². The summed E-state index contributed by atoms with van der Waals surface area (Å²) in [5.74, 6) is -0.577. The summed E-state index contributed by atoms with van der Waals surface area (Å²) >= 11 is 0. The lowest BCUT2D eigenvalue weighted by atomic mass is 9.90. The van der Waals surface area contributed by atoms with Crippen molar-refractivity contribution in [1.29, 1.82) is 0 Å². The second kappa shape index (κ2) is 12.9. The van der Waals surface area contributed by atoms with E-state index in [1.165, 1.54) is 6.20 Å². The molecule has 1 atom stereocenters. The normalized spacial score (nSPS) is 17.4. The molecule has 10 nitrogen and oxygen atoms in total. The number of nitrogens with one attached hydrogen (secondary N) is 1. The number of rotatable bonds is 7. The number of nitrogens with zero attached hydrogens (tertiary/aromatic N) is 7. The van der Waals surface area contributed by atoms with E-state index in [0.717, 1.165) is 42.0 Å². The Morgan fingerprint density at radius 3 is 2.57 bits per heavy atom. The molecule has 0 radical (unpaired) electrons. The molecule has 5 aromatic rings. The molecule has 0 aliphatic carbocycles. The number of fused-ring (bicyclic) bond motifs is 2. The molecule has 1 aromatic carbocycles. The lowest BCUT2D eigenvalue weighted by Gasteiger charge is -2.33. The lowest BCUT2D eigenvalue weighted by molar-refractivity contribution is -0.139. The van der Waals surface area contributed by atoms with Gasteiger partial charge in [-0.2, -0.15) is 18.3 Å². The largest absolute Gasteiger partial charge is 0.453 e. The number of carbonyl (C=O) groups is 1. The zero-order chi connectivity index (χ0) is 34.4. The van der Waals surface area contributed by atoms with Crippen LogP contribution in [0.1, 0.15) is 40.8 Å². The Morgan fingerprint density at radius 2 is 1.84 bits per heavy atom. The average Bonchev–Trinajstić information content (AvgIpc) is 3.70. The summed E-state index contributed by atoms with van der Waals surface area (Å²) in [6, 6.07) is 8.28. The standard InChI is InChI=1S/C35H36F4N8O2/c1-21-17-47(32(48)11-22-10-28(35(37,38)39)31(40-14-22)20-46-8-6-44(2)7-9-46)19-23-12-25(4-5-26(21)23)49-33-27-13-30(24-15-42-45(3)18-24)43-34(27)41-16-29(33)36/h4-5,10,12-16,18,21H,6-9,11,17,19-20H2,1-3H3,(H,41,43)/t21-/m0/s1. The van der Waals surface area contributed by atoms with Crippen molar-refractivity contribution < 1.29 is 27.1 Å². The summed E-state index contributed by atoms with van der Waals surface area (Å²) in [5, 5.41) is 4.65. The molecule has 2 aliphatic heterocycles. The third-order valence-corrected chi connectivity index (χ3v) is 9.31. The molecule has 49 heavy (non-hydrogen) atoms. The van der Waals surface area contributed by atoms with Gasteiger partial charge in [0.15, 0.2) is 11.6 Å². The van der Waals surface area contributed by atoms with Crippen LogP contribution in [-0.2, 0) is 37.5 Å². The highest BCUT2D eigenvalue weighted by Crippen LogP contribution is 2.38. The van der Waals surface area contributed by atoms with Gasteiger partial charge in [-0.3, -0.25) is 19.4 Å². The number of pyridine rings is 2. The number of benzene rings is 1. The van der Waals surface area contributed by atoms with Crippen LogP contribution in [0.3, 0.4) is 0 Å². The van der Waals surface area contributed by atoms with Gasteiger partial charge in [-0.25, -0.2) is 9.37 Å². The maximum atomic E-state index is 15.1. The van der Waals surface area contributed by atoms with Crippen LogP contribution in [0.25, 0.3) is 22.3 Å². The molecule has 256 valence electrons. The van der Waals surface area contributed by atoms with E-state index in [-0.39, 0.29) is 48.3 Å². The molecule has 0 spiro atoms. The van der Waals surface area contributed by atoms with Gasteiger partial charge >= 0.3 is 6.18 Å². The fourth-order valence-corrected chi connectivity index (χ4v) is 6.63. The van der Waals surface area contributed by atoms with E-state index in [2.05, 4.69) is 25.0 Å². The van der Waals surface area contributed by atoms with Gasteiger partial charge in [-0.05, 0) is 53.9 Å². The van der Waals surface area contributed by atoms with Crippen molar-refractivity contribution in [2.24, 2.45) is 7.05 Å². The maximum absolute atomic E-state index is 15.1. The summed E-state index contributed by atoms with van der Waals surface area (Å²) < 4.78 is 65.3. The first kappa shape index (κ1) is 32.7. The van der Waals surface area contributed by atoms with Gasteiger partial charge in [-0.1, -0.05) is 13.0 Å². The monoisotopic (exact) mass is 676 g/mol. The molecule has 6 heterocycles. The van der Waals surface area contributed by atoms with Crippen LogP contribution in [0, 0.1) is 5.82 Å². The predicted octanol–water partition coefficient (Wildman–Crippen LogP) is 5.74. The lowest BCUT2D eigenvalue weighted by Crippen LogP contribution is -2.44. The molecule has 0 saturated carbocycles. The molecule has 4 aromatic heterocycles. The molecule has 2 aliphatic rings. The topological polar surface area (TPSA) is 95.4 Å². The molecule has 1 amide bonds. The molecular weight excluding hydrogens is 640 g/mol. The molecule has 1 N–H and O–H groups in total. The summed E-state index contributed by atoms with van der Waals surface area (Å²) in [5.41, 5.74) is 3.19. The van der Waals surface area contributed by atoms with Crippen molar-refractivity contribution in [2.75, 3.05) is 39.8 Å². The maximum Gasteiger partial charge on any atom is 0.418 e. The number of H-pyrrole nitrogens is 1. The van der Waals surface area contributed by atoms with Crippen LogP contribution in [0.15, 0.2) is 55.1 Å². The minimum absolute atomic E-state index is 0.0113. The minimum atomic E-state index is -4.59. The van der Waals surface area contributed by atoms with Gasteiger partial charge in [-0.15, -0.1) is 0 Å². The molecular formula is C35H36F4N8O2. The first-order valence-corrected chi connectivity index (χ1v) is 16.1. The molecule has 1 saturated heterocycles. The Morgan fingerprint density at radius 1 is 1.04 bits per heavy atom. The number of likely N-dealkylation sites (N-methyl/N-ethyl adjacent to an activating group) is 1. The van der Waals surface area contributed by atoms with Crippen molar-refractivity contribution in [3.8, 4) is 22.8 Å². The number of aryl methyl sites for hydroxylation is 1. The minimum Gasteiger partial charge on any atom is -0.453 e. The molecule has 14 heteroatoms. The van der Waals surface area contributed by atoms with E-state index in [0.29, 0.717) is 42.1 Å². The Hall–Kier alpha value is -4.82. The van der Waals surface area contributed by atoms with Gasteiger partial charge in [0.05, 0.1) is 41.2 Å². The zero-order valence-corrected chi connectivity index (χ0v) is 27.4. The van der Waals surface area contributed by atoms with Crippen molar-refractivity contribution >= 4 is 16.9 Å². The van der Waals surface area contributed by atoms with Crippen molar-refractivity contribution in [3.63, 3.8) is 0 Å². The van der Waals surface area contributed by atoms with E-state index >= 15 is 4.39 Å². The van der Waals surface area contributed by atoms with Crippen LogP contribution < -0.4 is 4.74 Å². The molecule has 0 bridgehead atoms. The third kappa shape index (κ3) is 6.88. The molecule has 1 fully saturated rings. The van der Waals surface area contributed by atoms with Gasteiger partial charge in [0.1, 0.15) is 11.4 Å². The first-order chi connectivity index (χ1) is 23.4.